The summed E-state index contributed by atoms with van der Waals surface area (Å²) in [5.41, 5.74) is -0.543. The van der Waals surface area contributed by atoms with Crippen molar-refractivity contribution in [3.05, 3.63) is 11.6 Å². The molecule has 0 bridgehead atoms. The van der Waals surface area contributed by atoms with E-state index < -0.39 is 5.41 Å². The van der Waals surface area contributed by atoms with Crippen LogP contribution in [0.5, 0.6) is 0 Å². The number of amides is 1. The fraction of sp³-hybridized carbons (Fsp3) is 0.765. The van der Waals surface area contributed by atoms with Crippen LogP contribution in [-0.2, 0) is 24.2 Å². The van der Waals surface area contributed by atoms with Gasteiger partial charge in [-0.25, -0.2) is 9.67 Å². The molecule has 1 atom stereocenters. The topological polar surface area (TPSA) is 96.2 Å². The van der Waals surface area contributed by atoms with Crippen LogP contribution in [0.2, 0.25) is 0 Å². The Labute approximate surface area is 173 Å². The number of carbonyl (C=O) groups is 1. The van der Waals surface area contributed by atoms with E-state index in [1.165, 1.54) is 0 Å². The molecule has 1 unspecified atom stereocenters. The molecule has 148 valence electrons. The fourth-order valence-electron chi connectivity index (χ4n) is 2.83. The predicted octanol–water partition coefficient (Wildman–Crippen LogP) is 1.10. The van der Waals surface area contributed by atoms with Gasteiger partial charge >= 0.3 is 0 Å². The summed E-state index contributed by atoms with van der Waals surface area (Å²) < 4.78 is 2.00. The van der Waals surface area contributed by atoms with Gasteiger partial charge in [-0.2, -0.15) is 5.10 Å². The summed E-state index contributed by atoms with van der Waals surface area (Å²) in [6.07, 6.45) is 2.76. The van der Waals surface area contributed by atoms with Crippen LogP contribution in [-0.4, -0.2) is 52.8 Å². The molecular weight excluding hydrogens is 445 g/mol. The molecule has 0 fully saturated rings. The minimum atomic E-state index is -0.543. The molecule has 3 N–H and O–H groups in total. The molecule has 0 saturated carbocycles. The number of halogens is 1. The van der Waals surface area contributed by atoms with E-state index in [0.29, 0.717) is 6.54 Å². The van der Waals surface area contributed by atoms with Crippen LogP contribution >= 0.6 is 24.0 Å². The SMILES string of the molecule is CCNC(=NCC(C)(C)C(=O)NC)NC1CCc2nc(CC)nn2C1.I. The molecule has 2 heterocycles. The summed E-state index contributed by atoms with van der Waals surface area (Å²) in [5.74, 6) is 2.70. The van der Waals surface area contributed by atoms with Gasteiger partial charge in [0, 0.05) is 32.5 Å². The maximum Gasteiger partial charge on any atom is 0.227 e. The quantitative estimate of drug-likeness (QED) is 0.324. The molecule has 1 amide bonds. The summed E-state index contributed by atoms with van der Waals surface area (Å²) in [6.45, 7) is 9.87. The van der Waals surface area contributed by atoms with Crippen LogP contribution in [0.1, 0.15) is 45.8 Å². The van der Waals surface area contributed by atoms with Gasteiger partial charge in [0.25, 0.3) is 0 Å². The molecule has 1 aromatic heterocycles. The standard InChI is InChI=1S/C17H31N7O.HI/c1-6-13-22-14-9-8-12(10-24(14)23-13)21-16(19-7-2)20-11-17(3,4)15(25)18-5;/h12H,6-11H2,1-5H3,(H,18,25)(H2,19,20,21);1H. The van der Waals surface area contributed by atoms with E-state index in [2.05, 4.69) is 37.9 Å². The first-order valence-electron chi connectivity index (χ1n) is 9.09. The summed E-state index contributed by atoms with van der Waals surface area (Å²) in [5, 5.41) is 14.0. The number of rotatable bonds is 6. The van der Waals surface area contributed by atoms with E-state index in [0.717, 1.165) is 50.0 Å². The Kier molecular flexibility index (Phi) is 8.78. The monoisotopic (exact) mass is 477 g/mol. The van der Waals surface area contributed by atoms with Gasteiger partial charge in [-0.15, -0.1) is 24.0 Å². The first-order valence-corrected chi connectivity index (χ1v) is 9.09. The number of carbonyl (C=O) groups excluding carboxylic acids is 1. The average molecular weight is 477 g/mol. The van der Waals surface area contributed by atoms with Crippen molar-refractivity contribution < 1.29 is 4.79 Å². The Morgan fingerprint density at radius 1 is 1.38 bits per heavy atom. The van der Waals surface area contributed by atoms with Crippen molar-refractivity contribution in [3.8, 4) is 0 Å². The van der Waals surface area contributed by atoms with Crippen LogP contribution in [0.3, 0.4) is 0 Å². The van der Waals surface area contributed by atoms with Crippen LogP contribution in [0.15, 0.2) is 4.99 Å². The molecule has 1 aliphatic heterocycles. The Hall–Kier alpha value is -1.39. The summed E-state index contributed by atoms with van der Waals surface area (Å²) in [4.78, 5) is 21.1. The maximum absolute atomic E-state index is 11.9. The third-order valence-electron chi connectivity index (χ3n) is 4.38. The zero-order valence-corrected chi connectivity index (χ0v) is 18.8. The van der Waals surface area contributed by atoms with Crippen molar-refractivity contribution >= 4 is 35.8 Å². The van der Waals surface area contributed by atoms with Crippen molar-refractivity contribution in [3.63, 3.8) is 0 Å². The van der Waals surface area contributed by atoms with Gasteiger partial charge in [0.15, 0.2) is 11.8 Å². The minimum Gasteiger partial charge on any atom is -0.359 e. The molecule has 0 spiro atoms. The number of fused-ring (bicyclic) bond motifs is 1. The highest BCUT2D eigenvalue weighted by atomic mass is 127. The van der Waals surface area contributed by atoms with Gasteiger partial charge in [-0.1, -0.05) is 6.92 Å². The second-order valence-electron chi connectivity index (χ2n) is 7.02. The van der Waals surface area contributed by atoms with Crippen LogP contribution in [0, 0.1) is 5.41 Å². The summed E-state index contributed by atoms with van der Waals surface area (Å²) in [7, 11) is 1.65. The molecule has 8 nitrogen and oxygen atoms in total. The summed E-state index contributed by atoms with van der Waals surface area (Å²) >= 11 is 0. The summed E-state index contributed by atoms with van der Waals surface area (Å²) in [6, 6.07) is 0.250. The number of aromatic nitrogens is 3. The third-order valence-corrected chi connectivity index (χ3v) is 4.38. The molecule has 1 aromatic rings. The second-order valence-corrected chi connectivity index (χ2v) is 7.02. The van der Waals surface area contributed by atoms with Crippen molar-refractivity contribution in [2.45, 2.75) is 59.5 Å². The fourth-order valence-corrected chi connectivity index (χ4v) is 2.83. The van der Waals surface area contributed by atoms with E-state index in [1.54, 1.807) is 7.05 Å². The number of guanidine groups is 1. The molecule has 0 aliphatic carbocycles. The number of aliphatic imine (C=N–C) groups is 1. The molecule has 0 radical (unpaired) electrons. The van der Waals surface area contributed by atoms with Gasteiger partial charge in [-0.05, 0) is 27.2 Å². The zero-order chi connectivity index (χ0) is 18.4. The van der Waals surface area contributed by atoms with Gasteiger partial charge in [-0.3, -0.25) is 9.79 Å². The second kappa shape index (κ2) is 10.1. The molecule has 2 rings (SSSR count). The molecule has 0 aromatic carbocycles. The highest BCUT2D eigenvalue weighted by Gasteiger charge is 2.27. The molecule has 0 saturated heterocycles. The van der Waals surface area contributed by atoms with Crippen LogP contribution in [0.25, 0.3) is 0 Å². The lowest BCUT2D eigenvalue weighted by Gasteiger charge is -2.26. The Morgan fingerprint density at radius 2 is 2.12 bits per heavy atom. The van der Waals surface area contributed by atoms with Crippen molar-refractivity contribution in [2.75, 3.05) is 20.1 Å². The maximum atomic E-state index is 11.9. The number of nitrogens with zero attached hydrogens (tertiary/aromatic N) is 4. The Morgan fingerprint density at radius 3 is 2.73 bits per heavy atom. The van der Waals surface area contributed by atoms with Crippen LogP contribution in [0.4, 0.5) is 0 Å². The van der Waals surface area contributed by atoms with Crippen molar-refractivity contribution in [1.82, 2.24) is 30.7 Å². The van der Waals surface area contributed by atoms with Gasteiger partial charge < -0.3 is 16.0 Å². The number of nitrogens with one attached hydrogen (secondary N) is 3. The molecule has 9 heteroatoms. The van der Waals surface area contributed by atoms with E-state index in [4.69, 9.17) is 0 Å². The minimum absolute atomic E-state index is 0. The smallest absolute Gasteiger partial charge is 0.227 e. The van der Waals surface area contributed by atoms with Crippen LogP contribution < -0.4 is 16.0 Å². The van der Waals surface area contributed by atoms with Crippen molar-refractivity contribution in [2.24, 2.45) is 10.4 Å². The first kappa shape index (κ1) is 22.7. The van der Waals surface area contributed by atoms with Gasteiger partial charge in [0.2, 0.25) is 5.91 Å². The highest BCUT2D eigenvalue weighted by molar-refractivity contribution is 14.0. The lowest BCUT2D eigenvalue weighted by molar-refractivity contribution is -0.128. The predicted molar refractivity (Wildman–Crippen MR) is 114 cm³/mol. The average Bonchev–Trinajstić information content (AvgIpc) is 3.01. The van der Waals surface area contributed by atoms with Crippen molar-refractivity contribution in [1.29, 1.82) is 0 Å². The third kappa shape index (κ3) is 5.82. The zero-order valence-electron chi connectivity index (χ0n) is 16.4. The molecule has 26 heavy (non-hydrogen) atoms. The van der Waals surface area contributed by atoms with Gasteiger partial charge in [0.05, 0.1) is 18.5 Å². The first-order chi connectivity index (χ1) is 11.9. The number of hydrogen-bond donors (Lipinski definition) is 3. The van der Waals surface area contributed by atoms with E-state index in [1.807, 2.05) is 25.5 Å². The van der Waals surface area contributed by atoms with E-state index >= 15 is 0 Å². The normalized spacial score (nSPS) is 17.1. The van der Waals surface area contributed by atoms with E-state index in [9.17, 15) is 4.79 Å². The Bertz CT molecular complexity index is 627. The number of hydrogen-bond acceptors (Lipinski definition) is 4. The largest absolute Gasteiger partial charge is 0.359 e. The lowest BCUT2D eigenvalue weighted by atomic mass is 9.93. The van der Waals surface area contributed by atoms with E-state index in [-0.39, 0.29) is 35.9 Å². The molecule has 1 aliphatic rings. The molecular formula is C17H32IN7O. The van der Waals surface area contributed by atoms with Gasteiger partial charge in [0.1, 0.15) is 5.82 Å². The highest BCUT2D eigenvalue weighted by Crippen LogP contribution is 2.16. The Balaban J connectivity index is 0.00000338. The lowest BCUT2D eigenvalue weighted by Crippen LogP contribution is -2.48. The number of aryl methyl sites for hydroxylation is 2.